The highest BCUT2D eigenvalue weighted by Gasteiger charge is 2.17. The number of aromatic nitrogens is 2. The van der Waals surface area contributed by atoms with Gasteiger partial charge in [-0.25, -0.2) is 4.98 Å². The van der Waals surface area contributed by atoms with Crippen molar-refractivity contribution in [2.45, 2.75) is 13.0 Å². The molecule has 0 atom stereocenters. The highest BCUT2D eigenvalue weighted by Crippen LogP contribution is 2.22. The van der Waals surface area contributed by atoms with Crippen LogP contribution in [0.5, 0.6) is 5.75 Å². The van der Waals surface area contributed by atoms with Crippen LogP contribution in [0.3, 0.4) is 0 Å². The SMILES string of the molecule is NC(=N/N=C\c1ccc(O)cc1)c1cncc(N2CCc3ccccc3C2)n1. The average Bonchev–Trinajstić information content (AvgIpc) is 2.75. The number of amidine groups is 1. The largest absolute Gasteiger partial charge is 0.508 e. The lowest BCUT2D eigenvalue weighted by Gasteiger charge is -2.29. The summed E-state index contributed by atoms with van der Waals surface area (Å²) in [5.41, 5.74) is 10.0. The molecule has 0 spiro atoms. The molecule has 0 bridgehead atoms. The normalized spacial score (nSPS) is 14.3. The zero-order chi connectivity index (χ0) is 19.3. The summed E-state index contributed by atoms with van der Waals surface area (Å²) in [5, 5.41) is 17.3. The van der Waals surface area contributed by atoms with E-state index in [9.17, 15) is 5.11 Å². The van der Waals surface area contributed by atoms with Crippen molar-refractivity contribution in [2.24, 2.45) is 15.9 Å². The van der Waals surface area contributed by atoms with Crippen molar-refractivity contribution in [3.63, 3.8) is 0 Å². The van der Waals surface area contributed by atoms with E-state index in [1.807, 2.05) is 0 Å². The first-order valence-corrected chi connectivity index (χ1v) is 8.99. The molecule has 0 aliphatic carbocycles. The minimum atomic E-state index is 0.196. The van der Waals surface area contributed by atoms with Gasteiger partial charge in [0.25, 0.3) is 0 Å². The van der Waals surface area contributed by atoms with Gasteiger partial charge in [0.05, 0.1) is 18.6 Å². The van der Waals surface area contributed by atoms with Gasteiger partial charge in [-0.05, 0) is 47.4 Å². The van der Waals surface area contributed by atoms with Gasteiger partial charge in [-0.15, -0.1) is 5.10 Å². The quantitative estimate of drug-likeness (QED) is 0.416. The van der Waals surface area contributed by atoms with Gasteiger partial charge < -0.3 is 15.7 Å². The van der Waals surface area contributed by atoms with Crippen molar-refractivity contribution in [1.82, 2.24) is 9.97 Å². The van der Waals surface area contributed by atoms with E-state index in [2.05, 4.69) is 49.3 Å². The van der Waals surface area contributed by atoms with E-state index in [4.69, 9.17) is 5.73 Å². The first-order valence-electron chi connectivity index (χ1n) is 8.99. The predicted octanol–water partition coefficient (Wildman–Crippen LogP) is 2.48. The summed E-state index contributed by atoms with van der Waals surface area (Å²) in [6, 6.07) is 15.1. The smallest absolute Gasteiger partial charge is 0.173 e. The van der Waals surface area contributed by atoms with Gasteiger partial charge in [0.15, 0.2) is 5.84 Å². The van der Waals surface area contributed by atoms with E-state index >= 15 is 0 Å². The molecule has 4 rings (SSSR count). The molecule has 3 aromatic rings. The van der Waals surface area contributed by atoms with Gasteiger partial charge in [-0.2, -0.15) is 5.10 Å². The predicted molar refractivity (Wildman–Crippen MR) is 110 cm³/mol. The molecule has 1 aromatic heterocycles. The number of aromatic hydroxyl groups is 1. The Labute approximate surface area is 162 Å². The fourth-order valence-electron chi connectivity index (χ4n) is 3.09. The van der Waals surface area contributed by atoms with Crippen LogP contribution in [0.2, 0.25) is 0 Å². The molecule has 0 amide bonds. The molecule has 28 heavy (non-hydrogen) atoms. The first kappa shape index (κ1) is 17.7. The number of nitrogens with two attached hydrogens (primary N) is 1. The monoisotopic (exact) mass is 372 g/mol. The Kier molecular flexibility index (Phi) is 4.97. The van der Waals surface area contributed by atoms with Crippen molar-refractivity contribution in [3.8, 4) is 5.75 Å². The van der Waals surface area contributed by atoms with Gasteiger partial charge in [0.2, 0.25) is 0 Å². The van der Waals surface area contributed by atoms with Crippen LogP contribution in [-0.2, 0) is 13.0 Å². The summed E-state index contributed by atoms with van der Waals surface area (Å²) in [5.74, 6) is 1.17. The highest BCUT2D eigenvalue weighted by atomic mass is 16.3. The molecule has 0 unspecified atom stereocenters. The number of phenolic OH excluding ortho intramolecular Hbond substituents is 1. The number of fused-ring (bicyclic) bond motifs is 1. The topological polar surface area (TPSA) is 100.0 Å². The molecule has 1 aliphatic heterocycles. The van der Waals surface area contributed by atoms with Crippen LogP contribution in [0.1, 0.15) is 22.4 Å². The Morgan fingerprint density at radius 2 is 1.86 bits per heavy atom. The maximum absolute atomic E-state index is 9.30. The standard InChI is InChI=1S/C21H20N6O/c22-21(26-24-11-15-5-7-18(28)8-6-15)19-12-23-13-20(25-19)27-10-9-16-3-1-2-4-17(16)14-27/h1-8,11-13,28H,9-10,14H2,(H2,22,26)/b24-11-. The van der Waals surface area contributed by atoms with E-state index < -0.39 is 0 Å². The lowest BCUT2D eigenvalue weighted by molar-refractivity contribution is 0.475. The number of hydrogen-bond acceptors (Lipinski definition) is 6. The summed E-state index contributed by atoms with van der Waals surface area (Å²) in [4.78, 5) is 11.1. The number of nitrogens with zero attached hydrogens (tertiary/aromatic N) is 5. The molecular formula is C21H20N6O. The third-order valence-electron chi connectivity index (χ3n) is 4.60. The third kappa shape index (κ3) is 3.98. The Morgan fingerprint density at radius 3 is 2.68 bits per heavy atom. The fourth-order valence-corrected chi connectivity index (χ4v) is 3.09. The Morgan fingerprint density at radius 1 is 1.07 bits per heavy atom. The molecule has 0 saturated heterocycles. The fraction of sp³-hybridized carbons (Fsp3) is 0.143. The van der Waals surface area contributed by atoms with Crippen molar-refractivity contribution in [3.05, 3.63) is 83.3 Å². The van der Waals surface area contributed by atoms with Gasteiger partial charge in [-0.3, -0.25) is 4.98 Å². The van der Waals surface area contributed by atoms with Crippen LogP contribution in [0.25, 0.3) is 0 Å². The van der Waals surface area contributed by atoms with Crippen LogP contribution in [-0.4, -0.2) is 33.7 Å². The minimum absolute atomic E-state index is 0.196. The van der Waals surface area contributed by atoms with Crippen molar-refractivity contribution >= 4 is 17.9 Å². The summed E-state index contributed by atoms with van der Waals surface area (Å²) >= 11 is 0. The molecule has 3 N–H and O–H groups in total. The molecule has 2 aromatic carbocycles. The van der Waals surface area contributed by atoms with Crippen LogP contribution >= 0.6 is 0 Å². The number of rotatable bonds is 4. The molecule has 0 fully saturated rings. The Bertz CT molecular complexity index is 1030. The van der Waals surface area contributed by atoms with Crippen LogP contribution < -0.4 is 10.6 Å². The molecule has 0 saturated carbocycles. The zero-order valence-corrected chi connectivity index (χ0v) is 15.2. The van der Waals surface area contributed by atoms with E-state index in [1.165, 1.54) is 11.1 Å². The van der Waals surface area contributed by atoms with Crippen LogP contribution in [0, 0.1) is 0 Å². The zero-order valence-electron chi connectivity index (χ0n) is 15.2. The van der Waals surface area contributed by atoms with Gasteiger partial charge >= 0.3 is 0 Å². The second-order valence-corrected chi connectivity index (χ2v) is 6.52. The lowest BCUT2D eigenvalue weighted by atomic mass is 10.00. The molecule has 0 radical (unpaired) electrons. The Balaban J connectivity index is 1.49. The highest BCUT2D eigenvalue weighted by molar-refractivity contribution is 5.96. The molecule has 7 nitrogen and oxygen atoms in total. The van der Waals surface area contributed by atoms with E-state index in [-0.39, 0.29) is 11.6 Å². The lowest BCUT2D eigenvalue weighted by Crippen LogP contribution is -2.31. The van der Waals surface area contributed by atoms with E-state index in [0.29, 0.717) is 5.69 Å². The summed E-state index contributed by atoms with van der Waals surface area (Å²) < 4.78 is 0. The number of phenols is 1. The maximum Gasteiger partial charge on any atom is 0.173 e. The van der Waals surface area contributed by atoms with E-state index in [1.54, 1.807) is 42.9 Å². The average molecular weight is 372 g/mol. The molecule has 2 heterocycles. The summed E-state index contributed by atoms with van der Waals surface area (Å²) in [6.45, 7) is 1.68. The van der Waals surface area contributed by atoms with Crippen LogP contribution in [0.4, 0.5) is 5.82 Å². The van der Waals surface area contributed by atoms with Gasteiger partial charge in [0.1, 0.15) is 17.3 Å². The van der Waals surface area contributed by atoms with Crippen LogP contribution in [0.15, 0.2) is 71.1 Å². The second-order valence-electron chi connectivity index (χ2n) is 6.52. The number of hydrogen-bond donors (Lipinski definition) is 2. The number of benzene rings is 2. The second kappa shape index (κ2) is 7.87. The molecular weight excluding hydrogens is 352 g/mol. The van der Waals surface area contributed by atoms with Crippen molar-refractivity contribution < 1.29 is 5.11 Å². The third-order valence-corrected chi connectivity index (χ3v) is 4.60. The maximum atomic E-state index is 9.30. The minimum Gasteiger partial charge on any atom is -0.508 e. The number of anilines is 1. The molecule has 140 valence electrons. The van der Waals surface area contributed by atoms with Gasteiger partial charge in [-0.1, -0.05) is 24.3 Å². The summed E-state index contributed by atoms with van der Waals surface area (Å²) in [6.07, 6.45) is 5.86. The van der Waals surface area contributed by atoms with Crippen molar-refractivity contribution in [2.75, 3.05) is 11.4 Å². The van der Waals surface area contributed by atoms with Crippen molar-refractivity contribution in [1.29, 1.82) is 0 Å². The molecule has 7 heteroatoms. The van der Waals surface area contributed by atoms with Gasteiger partial charge in [0, 0.05) is 13.1 Å². The Hall–Kier alpha value is -3.74. The summed E-state index contributed by atoms with van der Waals surface area (Å²) in [7, 11) is 0. The molecule has 1 aliphatic rings. The first-order chi connectivity index (χ1) is 13.7. The van der Waals surface area contributed by atoms with E-state index in [0.717, 1.165) is 30.9 Å².